The zero-order chi connectivity index (χ0) is 20.4. The van der Waals surface area contributed by atoms with Crippen molar-refractivity contribution in [1.82, 2.24) is 0 Å². The van der Waals surface area contributed by atoms with E-state index >= 15 is 0 Å². The Morgan fingerprint density at radius 3 is 2.41 bits per heavy atom. The lowest BCUT2D eigenvalue weighted by molar-refractivity contribution is -0.386. The molecule has 0 fully saturated rings. The number of hydrogen-bond acceptors (Lipinski definition) is 6. The van der Waals surface area contributed by atoms with Gasteiger partial charge in [0.15, 0.2) is 9.84 Å². The van der Waals surface area contributed by atoms with Crippen molar-refractivity contribution in [2.75, 3.05) is 18.1 Å². The summed E-state index contributed by atoms with van der Waals surface area (Å²) in [5.74, 6) is 0. The second-order valence-electron chi connectivity index (χ2n) is 5.70. The molecule has 146 valence electrons. The van der Waals surface area contributed by atoms with E-state index in [1.165, 1.54) is 18.2 Å². The van der Waals surface area contributed by atoms with Crippen molar-refractivity contribution in [2.24, 2.45) is 0 Å². The molecular formula is C16H15F3N2O5S. The van der Waals surface area contributed by atoms with E-state index in [-0.39, 0.29) is 17.8 Å². The highest BCUT2D eigenvalue weighted by Gasteiger charge is 2.31. The van der Waals surface area contributed by atoms with Gasteiger partial charge in [0.2, 0.25) is 0 Å². The van der Waals surface area contributed by atoms with Crippen LogP contribution >= 0.6 is 0 Å². The van der Waals surface area contributed by atoms with Gasteiger partial charge >= 0.3 is 11.9 Å². The lowest BCUT2D eigenvalue weighted by atomic mass is 10.1. The predicted molar refractivity (Wildman–Crippen MR) is 91.1 cm³/mol. The highest BCUT2D eigenvalue weighted by atomic mass is 32.2. The minimum atomic E-state index is -4.58. The van der Waals surface area contributed by atoms with Crippen molar-refractivity contribution in [3.8, 4) is 0 Å². The number of para-hydroxylation sites is 1. The molecule has 0 amide bonds. The number of nitrogens with zero attached hydrogens (tertiary/aromatic N) is 1. The Balaban J connectivity index is 2.28. The number of nitrogens with one attached hydrogen (secondary N) is 1. The van der Waals surface area contributed by atoms with Gasteiger partial charge in [0.25, 0.3) is 0 Å². The third kappa shape index (κ3) is 4.95. The standard InChI is InChI=1S/C16H15F3N2O5S/c1-27(25,26)14-7-3-6-12(15(14)21(23)24)20-9-13(22)10-4-2-5-11(8-10)16(17,18)19/h2-8,13,20,22H,9H2,1H3. The smallest absolute Gasteiger partial charge is 0.387 e. The number of nitro benzene ring substituents is 1. The van der Waals surface area contributed by atoms with Gasteiger partial charge in [-0.3, -0.25) is 10.1 Å². The van der Waals surface area contributed by atoms with Crippen molar-refractivity contribution in [3.63, 3.8) is 0 Å². The fourth-order valence-electron chi connectivity index (χ4n) is 2.40. The van der Waals surface area contributed by atoms with E-state index in [4.69, 9.17) is 0 Å². The SMILES string of the molecule is CS(=O)(=O)c1cccc(NCC(O)c2cccc(C(F)(F)F)c2)c1[N+](=O)[O-]. The number of rotatable bonds is 6. The minimum Gasteiger partial charge on any atom is -0.387 e. The van der Waals surface area contributed by atoms with Crippen LogP contribution in [0.25, 0.3) is 0 Å². The van der Waals surface area contributed by atoms with Crippen molar-refractivity contribution in [3.05, 3.63) is 63.7 Å². The van der Waals surface area contributed by atoms with Crippen LogP contribution < -0.4 is 5.32 Å². The summed E-state index contributed by atoms with van der Waals surface area (Å²) in [4.78, 5) is 9.88. The molecule has 11 heteroatoms. The Labute approximate surface area is 152 Å². The average molecular weight is 404 g/mol. The molecule has 0 heterocycles. The van der Waals surface area contributed by atoms with E-state index in [1.54, 1.807) is 0 Å². The van der Waals surface area contributed by atoms with Gasteiger partial charge in [-0.05, 0) is 29.8 Å². The quantitative estimate of drug-likeness (QED) is 0.565. The predicted octanol–water partition coefficient (Wildman–Crippen LogP) is 3.16. The summed E-state index contributed by atoms with van der Waals surface area (Å²) in [5, 5.41) is 23.9. The summed E-state index contributed by atoms with van der Waals surface area (Å²) in [7, 11) is -3.88. The van der Waals surface area contributed by atoms with Crippen LogP contribution in [-0.4, -0.2) is 31.2 Å². The number of sulfone groups is 1. The van der Waals surface area contributed by atoms with Gasteiger partial charge in [-0.25, -0.2) is 8.42 Å². The van der Waals surface area contributed by atoms with E-state index in [0.29, 0.717) is 0 Å². The molecule has 7 nitrogen and oxygen atoms in total. The molecule has 2 aromatic rings. The maximum atomic E-state index is 12.8. The third-order valence-corrected chi connectivity index (χ3v) is 4.79. The number of benzene rings is 2. The molecule has 0 bridgehead atoms. The summed E-state index contributed by atoms with van der Waals surface area (Å²) in [5.41, 5.74) is -1.85. The lowest BCUT2D eigenvalue weighted by Crippen LogP contribution is -2.15. The molecule has 1 atom stereocenters. The molecule has 0 saturated carbocycles. The van der Waals surface area contributed by atoms with Gasteiger partial charge in [-0.1, -0.05) is 18.2 Å². The van der Waals surface area contributed by atoms with Crippen LogP contribution in [0.1, 0.15) is 17.2 Å². The Morgan fingerprint density at radius 2 is 1.85 bits per heavy atom. The van der Waals surface area contributed by atoms with Gasteiger partial charge in [0.05, 0.1) is 16.6 Å². The van der Waals surface area contributed by atoms with E-state index in [1.807, 2.05) is 0 Å². The normalized spacial score (nSPS) is 13.2. The van der Waals surface area contributed by atoms with Crippen molar-refractivity contribution >= 4 is 21.2 Å². The van der Waals surface area contributed by atoms with Gasteiger partial charge < -0.3 is 10.4 Å². The van der Waals surface area contributed by atoms with Crippen LogP contribution in [0.5, 0.6) is 0 Å². The number of aliphatic hydroxyl groups is 1. The zero-order valence-electron chi connectivity index (χ0n) is 13.9. The molecule has 2 N–H and O–H groups in total. The summed E-state index contributed by atoms with van der Waals surface area (Å²) in [6.07, 6.45) is -5.17. The summed E-state index contributed by atoms with van der Waals surface area (Å²) < 4.78 is 61.7. The first-order valence-electron chi connectivity index (χ1n) is 7.48. The van der Waals surface area contributed by atoms with E-state index in [0.717, 1.165) is 30.5 Å². The van der Waals surface area contributed by atoms with Crippen molar-refractivity contribution in [2.45, 2.75) is 17.2 Å². The van der Waals surface area contributed by atoms with Crippen LogP contribution in [0.3, 0.4) is 0 Å². The van der Waals surface area contributed by atoms with E-state index < -0.39 is 43.2 Å². The zero-order valence-corrected chi connectivity index (χ0v) is 14.7. The fraction of sp³-hybridized carbons (Fsp3) is 0.250. The van der Waals surface area contributed by atoms with Crippen LogP contribution in [0, 0.1) is 10.1 Å². The summed E-state index contributed by atoms with van der Waals surface area (Å²) >= 11 is 0. The number of alkyl halides is 3. The van der Waals surface area contributed by atoms with Gasteiger partial charge in [-0.2, -0.15) is 13.2 Å². The molecule has 27 heavy (non-hydrogen) atoms. The lowest BCUT2D eigenvalue weighted by Gasteiger charge is -2.15. The van der Waals surface area contributed by atoms with Gasteiger partial charge in [0, 0.05) is 12.8 Å². The molecular weight excluding hydrogens is 389 g/mol. The van der Waals surface area contributed by atoms with Gasteiger partial charge in [0.1, 0.15) is 10.6 Å². The first-order chi connectivity index (χ1) is 12.4. The Hall–Kier alpha value is -2.66. The Bertz CT molecular complexity index is 961. The van der Waals surface area contributed by atoms with Crippen LogP contribution in [0.2, 0.25) is 0 Å². The maximum absolute atomic E-state index is 12.8. The van der Waals surface area contributed by atoms with Gasteiger partial charge in [-0.15, -0.1) is 0 Å². The largest absolute Gasteiger partial charge is 0.416 e. The average Bonchev–Trinajstić information content (AvgIpc) is 2.57. The Kier molecular flexibility index (Phi) is 5.76. The highest BCUT2D eigenvalue weighted by molar-refractivity contribution is 7.90. The first kappa shape index (κ1) is 20.6. The van der Waals surface area contributed by atoms with Crippen LogP contribution in [-0.2, 0) is 16.0 Å². The van der Waals surface area contributed by atoms with Crippen LogP contribution in [0.4, 0.5) is 24.5 Å². The molecule has 0 aromatic heterocycles. The topological polar surface area (TPSA) is 110 Å². The number of anilines is 1. The summed E-state index contributed by atoms with van der Waals surface area (Å²) in [6, 6.07) is 7.63. The van der Waals surface area contributed by atoms with E-state index in [9.17, 15) is 36.8 Å². The molecule has 0 aliphatic heterocycles. The molecule has 0 aliphatic rings. The molecule has 1 unspecified atom stereocenters. The highest BCUT2D eigenvalue weighted by Crippen LogP contribution is 2.33. The molecule has 0 spiro atoms. The third-order valence-electron chi connectivity index (χ3n) is 3.67. The second kappa shape index (κ2) is 7.53. The van der Waals surface area contributed by atoms with Crippen molar-refractivity contribution in [1.29, 1.82) is 0 Å². The monoisotopic (exact) mass is 404 g/mol. The summed E-state index contributed by atoms with van der Waals surface area (Å²) in [6.45, 7) is -0.366. The number of nitro groups is 1. The maximum Gasteiger partial charge on any atom is 0.416 e. The molecule has 2 rings (SSSR count). The molecule has 0 aliphatic carbocycles. The minimum absolute atomic E-state index is 0.0424. The first-order valence-corrected chi connectivity index (χ1v) is 9.37. The van der Waals surface area contributed by atoms with E-state index in [2.05, 4.69) is 5.32 Å². The molecule has 0 saturated heterocycles. The second-order valence-corrected chi connectivity index (χ2v) is 7.69. The van der Waals surface area contributed by atoms with Crippen LogP contribution in [0.15, 0.2) is 47.4 Å². The molecule has 0 radical (unpaired) electrons. The van der Waals surface area contributed by atoms with Crippen molar-refractivity contribution < 1.29 is 31.6 Å². The Morgan fingerprint density at radius 1 is 1.22 bits per heavy atom. The number of hydrogen-bond donors (Lipinski definition) is 2. The number of aliphatic hydroxyl groups excluding tert-OH is 1. The molecule has 2 aromatic carbocycles. The fourth-order valence-corrected chi connectivity index (χ4v) is 3.26. The number of halogens is 3.